The van der Waals surface area contributed by atoms with Gasteiger partial charge in [-0.15, -0.1) is 0 Å². The molecule has 1 aliphatic rings. The van der Waals surface area contributed by atoms with Crippen molar-refractivity contribution in [1.29, 1.82) is 0 Å². The van der Waals surface area contributed by atoms with Crippen molar-refractivity contribution in [2.24, 2.45) is 17.6 Å². The molecule has 2 unspecified atom stereocenters. The molecule has 2 N–H and O–H groups in total. The van der Waals surface area contributed by atoms with Crippen LogP contribution in [0.5, 0.6) is 0 Å². The molecule has 0 amide bonds. The van der Waals surface area contributed by atoms with Crippen LogP contribution in [0, 0.1) is 11.8 Å². The van der Waals surface area contributed by atoms with Gasteiger partial charge in [0, 0.05) is 6.54 Å². The third-order valence-electron chi connectivity index (χ3n) is 3.81. The average molecular weight is 227 g/mol. The minimum atomic E-state index is 0.667. The van der Waals surface area contributed by atoms with Gasteiger partial charge in [-0.2, -0.15) is 0 Å². The Labute approximate surface area is 101 Å². The van der Waals surface area contributed by atoms with Gasteiger partial charge in [0.25, 0.3) is 0 Å². The quantitative estimate of drug-likeness (QED) is 0.710. The number of likely N-dealkylation sites (tertiary alicyclic amines) is 1. The van der Waals surface area contributed by atoms with Crippen LogP contribution in [0.4, 0.5) is 0 Å². The van der Waals surface area contributed by atoms with Crippen molar-refractivity contribution in [1.82, 2.24) is 9.80 Å². The smallest absolute Gasteiger partial charge is 0.000756 e. The van der Waals surface area contributed by atoms with Gasteiger partial charge in [-0.3, -0.25) is 0 Å². The van der Waals surface area contributed by atoms with E-state index in [4.69, 9.17) is 5.73 Å². The molecule has 0 aromatic carbocycles. The van der Waals surface area contributed by atoms with Crippen LogP contribution in [0.2, 0.25) is 0 Å². The predicted octanol–water partition coefficient (Wildman–Crippen LogP) is 1.24. The van der Waals surface area contributed by atoms with E-state index in [1.807, 2.05) is 0 Å². The van der Waals surface area contributed by atoms with Crippen molar-refractivity contribution < 1.29 is 0 Å². The third-order valence-corrected chi connectivity index (χ3v) is 3.81. The summed E-state index contributed by atoms with van der Waals surface area (Å²) in [7, 11) is 4.47. The molecule has 16 heavy (non-hydrogen) atoms. The second kappa shape index (κ2) is 7.25. The van der Waals surface area contributed by atoms with Crippen molar-refractivity contribution in [3.63, 3.8) is 0 Å². The third kappa shape index (κ3) is 5.28. The molecule has 1 saturated heterocycles. The van der Waals surface area contributed by atoms with Crippen LogP contribution in [0.25, 0.3) is 0 Å². The Morgan fingerprint density at radius 2 is 2.19 bits per heavy atom. The summed E-state index contributed by atoms with van der Waals surface area (Å²) in [6, 6.07) is 0. The Bertz CT molecular complexity index is 184. The number of nitrogens with two attached hydrogens (primary N) is 1. The summed E-state index contributed by atoms with van der Waals surface area (Å²) in [5, 5.41) is 0. The second-order valence-corrected chi connectivity index (χ2v) is 5.64. The van der Waals surface area contributed by atoms with E-state index in [0.29, 0.717) is 5.92 Å². The molecule has 96 valence electrons. The molecule has 0 spiro atoms. The lowest BCUT2D eigenvalue weighted by atomic mass is 10.0. The Kier molecular flexibility index (Phi) is 6.32. The first-order chi connectivity index (χ1) is 7.61. The fourth-order valence-electron chi connectivity index (χ4n) is 2.34. The molecule has 1 fully saturated rings. The summed E-state index contributed by atoms with van der Waals surface area (Å²) in [6.07, 6.45) is 3.99. The summed E-state index contributed by atoms with van der Waals surface area (Å²) >= 11 is 0. The molecule has 1 aliphatic heterocycles. The summed E-state index contributed by atoms with van der Waals surface area (Å²) in [5.74, 6) is 1.60. The minimum Gasteiger partial charge on any atom is -0.330 e. The molecule has 0 aliphatic carbocycles. The van der Waals surface area contributed by atoms with E-state index in [2.05, 4.69) is 30.8 Å². The van der Waals surface area contributed by atoms with Gasteiger partial charge < -0.3 is 15.5 Å². The summed E-state index contributed by atoms with van der Waals surface area (Å²) in [5.41, 5.74) is 5.62. The highest BCUT2D eigenvalue weighted by molar-refractivity contribution is 4.73. The van der Waals surface area contributed by atoms with Gasteiger partial charge in [0.05, 0.1) is 0 Å². The Morgan fingerprint density at radius 3 is 2.75 bits per heavy atom. The molecule has 0 aromatic heterocycles. The highest BCUT2D eigenvalue weighted by Crippen LogP contribution is 2.18. The molecule has 0 radical (unpaired) electrons. The fraction of sp³-hybridized carbons (Fsp3) is 1.00. The summed E-state index contributed by atoms with van der Waals surface area (Å²) in [6.45, 7) is 8.09. The summed E-state index contributed by atoms with van der Waals surface area (Å²) in [4.78, 5) is 4.91. The first kappa shape index (κ1) is 13.9. The SMILES string of the molecule is CC(CN)CCN(C)CCC1CCN(C)C1. The standard InChI is InChI=1S/C13H29N3/c1-12(10-14)4-7-15(2)8-5-13-6-9-16(3)11-13/h12-13H,4-11,14H2,1-3H3. The topological polar surface area (TPSA) is 32.5 Å². The normalized spacial score (nSPS) is 24.2. The molecule has 3 heteroatoms. The highest BCUT2D eigenvalue weighted by Gasteiger charge is 2.19. The largest absolute Gasteiger partial charge is 0.330 e. The zero-order chi connectivity index (χ0) is 12.0. The maximum atomic E-state index is 5.62. The van der Waals surface area contributed by atoms with E-state index >= 15 is 0 Å². The second-order valence-electron chi connectivity index (χ2n) is 5.64. The number of rotatable bonds is 7. The minimum absolute atomic E-state index is 0.667. The van der Waals surface area contributed by atoms with Gasteiger partial charge in [0.2, 0.25) is 0 Å². The molecule has 2 atom stereocenters. The van der Waals surface area contributed by atoms with Crippen LogP contribution < -0.4 is 5.73 Å². The lowest BCUT2D eigenvalue weighted by molar-refractivity contribution is 0.279. The van der Waals surface area contributed by atoms with Crippen LogP contribution in [0.1, 0.15) is 26.2 Å². The van der Waals surface area contributed by atoms with Crippen molar-refractivity contribution in [2.45, 2.75) is 26.2 Å². The van der Waals surface area contributed by atoms with E-state index in [1.54, 1.807) is 0 Å². The average Bonchev–Trinajstić information content (AvgIpc) is 2.69. The lowest BCUT2D eigenvalue weighted by Gasteiger charge is -2.20. The Balaban J connectivity index is 2.03. The van der Waals surface area contributed by atoms with E-state index in [-0.39, 0.29) is 0 Å². The molecule has 0 aromatic rings. The van der Waals surface area contributed by atoms with Gasteiger partial charge in [-0.1, -0.05) is 6.92 Å². The monoisotopic (exact) mass is 227 g/mol. The van der Waals surface area contributed by atoms with Crippen LogP contribution in [-0.4, -0.2) is 56.6 Å². The molecular formula is C13H29N3. The van der Waals surface area contributed by atoms with Gasteiger partial charge in [-0.05, 0) is 71.4 Å². The maximum Gasteiger partial charge on any atom is 0.000756 e. The number of nitrogens with zero attached hydrogens (tertiary/aromatic N) is 2. The van der Waals surface area contributed by atoms with Crippen LogP contribution in [0.15, 0.2) is 0 Å². The van der Waals surface area contributed by atoms with Crippen molar-refractivity contribution in [3.8, 4) is 0 Å². The first-order valence-corrected chi connectivity index (χ1v) is 6.69. The zero-order valence-electron chi connectivity index (χ0n) is 11.3. The van der Waals surface area contributed by atoms with Gasteiger partial charge >= 0.3 is 0 Å². The van der Waals surface area contributed by atoms with Gasteiger partial charge in [-0.25, -0.2) is 0 Å². The first-order valence-electron chi connectivity index (χ1n) is 6.69. The van der Waals surface area contributed by atoms with E-state index in [9.17, 15) is 0 Å². The highest BCUT2D eigenvalue weighted by atomic mass is 15.1. The molecule has 3 nitrogen and oxygen atoms in total. The predicted molar refractivity (Wildman–Crippen MR) is 70.6 cm³/mol. The fourth-order valence-corrected chi connectivity index (χ4v) is 2.34. The van der Waals surface area contributed by atoms with Gasteiger partial charge in [0.1, 0.15) is 0 Å². The Hall–Kier alpha value is -0.120. The molecule has 1 rings (SSSR count). The van der Waals surface area contributed by atoms with Crippen molar-refractivity contribution >= 4 is 0 Å². The maximum absolute atomic E-state index is 5.62. The van der Waals surface area contributed by atoms with E-state index < -0.39 is 0 Å². The van der Waals surface area contributed by atoms with E-state index in [1.165, 1.54) is 45.4 Å². The summed E-state index contributed by atoms with van der Waals surface area (Å²) < 4.78 is 0. The number of hydrogen-bond donors (Lipinski definition) is 1. The van der Waals surface area contributed by atoms with Crippen LogP contribution in [0.3, 0.4) is 0 Å². The molecule has 0 bridgehead atoms. The molecular weight excluding hydrogens is 198 g/mol. The van der Waals surface area contributed by atoms with E-state index in [0.717, 1.165) is 12.5 Å². The van der Waals surface area contributed by atoms with Crippen LogP contribution >= 0.6 is 0 Å². The van der Waals surface area contributed by atoms with Crippen molar-refractivity contribution in [2.75, 3.05) is 46.8 Å². The molecule has 1 heterocycles. The Morgan fingerprint density at radius 1 is 1.44 bits per heavy atom. The lowest BCUT2D eigenvalue weighted by Crippen LogP contribution is -2.26. The molecule has 0 saturated carbocycles. The van der Waals surface area contributed by atoms with Gasteiger partial charge in [0.15, 0.2) is 0 Å². The number of hydrogen-bond acceptors (Lipinski definition) is 3. The van der Waals surface area contributed by atoms with Crippen LogP contribution in [-0.2, 0) is 0 Å². The van der Waals surface area contributed by atoms with Crippen molar-refractivity contribution in [3.05, 3.63) is 0 Å². The zero-order valence-corrected chi connectivity index (χ0v) is 11.3.